The summed E-state index contributed by atoms with van der Waals surface area (Å²) in [5.74, 6) is -0.127. The minimum atomic E-state index is -4.43. The van der Waals surface area contributed by atoms with Crippen LogP contribution >= 0.6 is 0 Å². The molecule has 1 unspecified atom stereocenters. The van der Waals surface area contributed by atoms with Gasteiger partial charge in [0.25, 0.3) is 5.91 Å². The molecule has 0 radical (unpaired) electrons. The molecule has 2 aromatic rings. The Morgan fingerprint density at radius 2 is 1.97 bits per heavy atom. The van der Waals surface area contributed by atoms with E-state index in [4.69, 9.17) is 15.2 Å². The van der Waals surface area contributed by atoms with Crippen LogP contribution in [-0.4, -0.2) is 62.2 Å². The lowest BCUT2D eigenvalue weighted by atomic mass is 9.97. The van der Waals surface area contributed by atoms with Gasteiger partial charge in [-0.25, -0.2) is 0 Å². The van der Waals surface area contributed by atoms with Crippen LogP contribution in [0, 0.1) is 0 Å². The Morgan fingerprint density at radius 3 is 2.63 bits per heavy atom. The van der Waals surface area contributed by atoms with E-state index in [1.807, 2.05) is 19.9 Å². The Bertz CT molecular complexity index is 1090. The number of ether oxygens (including phenoxy) is 2. The molecule has 2 aromatic carbocycles. The lowest BCUT2D eigenvalue weighted by Gasteiger charge is -2.26. The van der Waals surface area contributed by atoms with Crippen LogP contribution in [-0.2, 0) is 19.3 Å². The monoisotopic (exact) mass is 537 g/mol. The van der Waals surface area contributed by atoms with E-state index < -0.39 is 18.7 Å². The SMILES string of the molecule is CCc1ccc(OCC(F)(F)F)c(OCCN[C@H](C)Cc2cc3c(c(C(N)=O)c2)N(CCCO)C(C)C3)c1. The molecule has 1 amide bonds. The Balaban J connectivity index is 1.60. The number of anilines is 1. The number of amides is 1. The Kier molecular flexibility index (Phi) is 10.3. The first-order valence-electron chi connectivity index (χ1n) is 13.0. The summed E-state index contributed by atoms with van der Waals surface area (Å²) < 4.78 is 48.5. The number of alkyl halides is 3. The number of hydrogen-bond acceptors (Lipinski definition) is 6. The molecule has 1 heterocycles. The van der Waals surface area contributed by atoms with E-state index in [2.05, 4.69) is 23.2 Å². The van der Waals surface area contributed by atoms with Crippen LogP contribution in [0.2, 0.25) is 0 Å². The number of rotatable bonds is 14. The summed E-state index contributed by atoms with van der Waals surface area (Å²) >= 11 is 0. The molecule has 4 N–H and O–H groups in total. The first kappa shape index (κ1) is 29.6. The molecule has 0 aromatic heterocycles. The lowest BCUT2D eigenvalue weighted by molar-refractivity contribution is -0.153. The van der Waals surface area contributed by atoms with Gasteiger partial charge in [0.1, 0.15) is 6.61 Å². The molecule has 0 saturated carbocycles. The highest BCUT2D eigenvalue weighted by atomic mass is 19.4. The lowest BCUT2D eigenvalue weighted by Crippen LogP contribution is -2.33. The first-order valence-corrected chi connectivity index (χ1v) is 13.0. The Labute approximate surface area is 222 Å². The second kappa shape index (κ2) is 13.2. The molecule has 10 heteroatoms. The minimum absolute atomic E-state index is 0.0459. The van der Waals surface area contributed by atoms with Crippen molar-refractivity contribution in [3.8, 4) is 11.5 Å². The summed E-state index contributed by atoms with van der Waals surface area (Å²) in [7, 11) is 0. The van der Waals surface area contributed by atoms with Crippen molar-refractivity contribution >= 4 is 11.6 Å². The van der Waals surface area contributed by atoms with Crippen LogP contribution in [0.3, 0.4) is 0 Å². The van der Waals surface area contributed by atoms with Crippen LogP contribution in [0.1, 0.15) is 54.2 Å². The van der Waals surface area contributed by atoms with Crippen molar-refractivity contribution in [2.45, 2.75) is 64.7 Å². The van der Waals surface area contributed by atoms with Gasteiger partial charge in [0.05, 0.1) is 11.3 Å². The van der Waals surface area contributed by atoms with Gasteiger partial charge in [0.2, 0.25) is 0 Å². The average Bonchev–Trinajstić information content (AvgIpc) is 3.17. The number of nitrogens with zero attached hydrogens (tertiary/aromatic N) is 1. The number of primary amides is 1. The molecule has 1 aliphatic heterocycles. The summed E-state index contributed by atoms with van der Waals surface area (Å²) in [4.78, 5) is 14.4. The number of benzene rings is 2. The van der Waals surface area contributed by atoms with Crippen LogP contribution in [0.4, 0.5) is 18.9 Å². The molecule has 38 heavy (non-hydrogen) atoms. The molecule has 1 aliphatic rings. The largest absolute Gasteiger partial charge is 0.488 e. The number of aliphatic hydroxyl groups is 1. The zero-order valence-corrected chi connectivity index (χ0v) is 22.2. The zero-order chi connectivity index (χ0) is 27.9. The van der Waals surface area contributed by atoms with E-state index in [1.54, 1.807) is 12.1 Å². The van der Waals surface area contributed by atoms with E-state index in [-0.39, 0.29) is 36.8 Å². The second-order valence-electron chi connectivity index (χ2n) is 9.79. The number of aryl methyl sites for hydroxylation is 1. The number of carbonyl (C=O) groups is 1. The van der Waals surface area contributed by atoms with Gasteiger partial charge >= 0.3 is 6.18 Å². The highest BCUT2D eigenvalue weighted by molar-refractivity contribution is 6.00. The molecule has 2 atom stereocenters. The number of nitrogens with two attached hydrogens (primary N) is 1. The molecular weight excluding hydrogens is 499 g/mol. The molecule has 0 saturated heterocycles. The second-order valence-corrected chi connectivity index (χ2v) is 9.79. The summed E-state index contributed by atoms with van der Waals surface area (Å²) in [5.41, 5.74) is 10.1. The number of nitrogens with one attached hydrogen (secondary N) is 1. The van der Waals surface area contributed by atoms with Crippen molar-refractivity contribution in [1.29, 1.82) is 0 Å². The third-order valence-electron chi connectivity index (χ3n) is 6.61. The standard InChI is InChI=1S/C28H38F3N3O4/c1-4-20-6-7-24(38-17-28(29,30)31)25(16-20)37-11-8-33-18(2)12-21-14-22-13-19(3)34(9-5-10-35)26(22)23(15-21)27(32)36/h6-7,14-16,18-19,33,35H,4-5,8-13,17H2,1-3H3,(H2,32,36)/t18-,19?/m1/s1. The Morgan fingerprint density at radius 1 is 1.21 bits per heavy atom. The molecule has 7 nitrogen and oxygen atoms in total. The van der Waals surface area contributed by atoms with Crippen LogP contribution in [0.5, 0.6) is 11.5 Å². The van der Waals surface area contributed by atoms with Crippen molar-refractivity contribution in [2.75, 3.05) is 37.8 Å². The van der Waals surface area contributed by atoms with E-state index >= 15 is 0 Å². The third-order valence-corrected chi connectivity index (χ3v) is 6.61. The maximum absolute atomic E-state index is 12.6. The van der Waals surface area contributed by atoms with E-state index in [1.165, 1.54) is 6.07 Å². The fraction of sp³-hybridized carbons (Fsp3) is 0.536. The molecule has 3 rings (SSSR count). The molecule has 0 spiro atoms. The normalized spacial score (nSPS) is 15.9. The van der Waals surface area contributed by atoms with Crippen molar-refractivity contribution in [2.24, 2.45) is 5.73 Å². The number of fused-ring (bicyclic) bond motifs is 1. The Hall–Kier alpha value is -2.98. The van der Waals surface area contributed by atoms with E-state index in [0.717, 1.165) is 35.2 Å². The quantitative estimate of drug-likeness (QED) is 0.315. The van der Waals surface area contributed by atoms with E-state index in [9.17, 15) is 23.1 Å². The maximum atomic E-state index is 12.6. The summed E-state index contributed by atoms with van der Waals surface area (Å²) in [5, 5.41) is 12.6. The molecule has 0 aliphatic carbocycles. The van der Waals surface area contributed by atoms with Gasteiger partial charge in [-0.05, 0) is 74.4 Å². The summed E-state index contributed by atoms with van der Waals surface area (Å²) in [6.45, 7) is 6.15. The minimum Gasteiger partial charge on any atom is -0.488 e. The van der Waals surface area contributed by atoms with Gasteiger partial charge in [-0.15, -0.1) is 0 Å². The van der Waals surface area contributed by atoms with Crippen LogP contribution in [0.25, 0.3) is 0 Å². The highest BCUT2D eigenvalue weighted by Crippen LogP contribution is 2.37. The zero-order valence-electron chi connectivity index (χ0n) is 22.2. The molecular formula is C28H38F3N3O4. The van der Waals surface area contributed by atoms with Gasteiger partial charge in [0, 0.05) is 31.8 Å². The van der Waals surface area contributed by atoms with Gasteiger partial charge in [-0.2, -0.15) is 13.2 Å². The average molecular weight is 538 g/mol. The number of aliphatic hydroxyl groups excluding tert-OH is 1. The number of hydrogen-bond donors (Lipinski definition) is 3. The smallest absolute Gasteiger partial charge is 0.422 e. The van der Waals surface area contributed by atoms with Crippen molar-refractivity contribution < 1.29 is 32.5 Å². The van der Waals surface area contributed by atoms with Gasteiger partial charge in [-0.3, -0.25) is 4.79 Å². The topological polar surface area (TPSA) is 97.1 Å². The van der Waals surface area contributed by atoms with Gasteiger partial charge in [0.15, 0.2) is 18.1 Å². The van der Waals surface area contributed by atoms with Crippen molar-refractivity contribution in [3.63, 3.8) is 0 Å². The fourth-order valence-corrected chi connectivity index (χ4v) is 4.84. The predicted octanol–water partition coefficient (Wildman–Crippen LogP) is 4.02. The van der Waals surface area contributed by atoms with Crippen molar-refractivity contribution in [1.82, 2.24) is 5.32 Å². The summed E-state index contributed by atoms with van der Waals surface area (Å²) in [6, 6.07) is 9.16. The number of halogens is 3. The fourth-order valence-electron chi connectivity index (χ4n) is 4.84. The van der Waals surface area contributed by atoms with Gasteiger partial charge < -0.3 is 30.5 Å². The van der Waals surface area contributed by atoms with E-state index in [0.29, 0.717) is 31.5 Å². The number of carbonyl (C=O) groups excluding carboxylic acids is 1. The van der Waals surface area contributed by atoms with Crippen LogP contribution < -0.4 is 25.4 Å². The van der Waals surface area contributed by atoms with Gasteiger partial charge in [-0.1, -0.05) is 19.1 Å². The maximum Gasteiger partial charge on any atom is 0.422 e. The van der Waals surface area contributed by atoms with Crippen molar-refractivity contribution in [3.05, 3.63) is 52.6 Å². The molecule has 210 valence electrons. The molecule has 0 bridgehead atoms. The first-order chi connectivity index (χ1) is 18.0. The third kappa shape index (κ3) is 8.01. The predicted molar refractivity (Wildman–Crippen MR) is 141 cm³/mol. The molecule has 0 fully saturated rings. The van der Waals surface area contributed by atoms with Crippen LogP contribution in [0.15, 0.2) is 30.3 Å². The highest BCUT2D eigenvalue weighted by Gasteiger charge is 2.31. The summed E-state index contributed by atoms with van der Waals surface area (Å²) in [6.07, 6.45) is -1.63.